The number of Topliss-reactive ketones (excluding diaryl/α,β-unsaturated/α-hetero) is 1. The van der Waals surface area contributed by atoms with E-state index in [1.54, 1.807) is 0 Å². The van der Waals surface area contributed by atoms with Crippen molar-refractivity contribution in [2.24, 2.45) is 5.92 Å². The van der Waals surface area contributed by atoms with E-state index in [-0.39, 0.29) is 11.7 Å². The molecule has 12 heavy (non-hydrogen) atoms. The minimum absolute atomic E-state index is 0.0134. The van der Waals surface area contributed by atoms with Crippen LogP contribution in [0.5, 0.6) is 0 Å². The Balaban J connectivity index is 2.22. The third-order valence-corrected chi connectivity index (χ3v) is 2.20. The van der Waals surface area contributed by atoms with Gasteiger partial charge in [-0.15, -0.1) is 6.58 Å². The molecule has 0 aromatic rings. The van der Waals surface area contributed by atoms with Gasteiger partial charge in [-0.2, -0.15) is 0 Å². The summed E-state index contributed by atoms with van der Waals surface area (Å²) in [6.45, 7) is 5.61. The van der Waals surface area contributed by atoms with E-state index in [0.29, 0.717) is 12.8 Å². The quantitative estimate of drug-likeness (QED) is 0.634. The summed E-state index contributed by atoms with van der Waals surface area (Å²) in [6.07, 6.45) is 2.50. The molecular weight excluding hydrogens is 152 g/mol. The summed E-state index contributed by atoms with van der Waals surface area (Å²) in [5.74, 6) is 0.253. The second kappa shape index (κ2) is 3.85. The number of hydrogen-bond acceptors (Lipinski definition) is 2. The van der Waals surface area contributed by atoms with Gasteiger partial charge in [0.25, 0.3) is 0 Å². The van der Waals surface area contributed by atoms with Crippen LogP contribution in [-0.2, 0) is 4.79 Å². The molecule has 1 N–H and O–H groups in total. The molecule has 1 aliphatic carbocycles. The number of aliphatic hydroxyl groups excluding tert-OH is 1. The molecule has 0 aromatic heterocycles. The number of carbonyl (C=O) groups excluding carboxylic acids is 1. The van der Waals surface area contributed by atoms with Crippen LogP contribution in [0, 0.1) is 5.92 Å². The zero-order chi connectivity index (χ0) is 9.14. The van der Waals surface area contributed by atoms with E-state index < -0.39 is 6.10 Å². The van der Waals surface area contributed by atoms with Crippen molar-refractivity contribution in [1.29, 1.82) is 0 Å². The van der Waals surface area contributed by atoms with Crippen molar-refractivity contribution in [1.82, 2.24) is 0 Å². The fourth-order valence-electron chi connectivity index (χ4n) is 1.16. The van der Waals surface area contributed by atoms with E-state index in [1.807, 2.05) is 6.92 Å². The minimum Gasteiger partial charge on any atom is -0.385 e. The van der Waals surface area contributed by atoms with Gasteiger partial charge in [0.1, 0.15) is 6.10 Å². The topological polar surface area (TPSA) is 37.3 Å². The van der Waals surface area contributed by atoms with E-state index in [1.165, 1.54) is 0 Å². The Morgan fingerprint density at radius 2 is 2.17 bits per heavy atom. The average Bonchev–Trinajstić information content (AvgIpc) is 2.80. The summed E-state index contributed by atoms with van der Waals surface area (Å²) in [5, 5.41) is 9.39. The number of allylic oxidation sites excluding steroid dienone is 1. The van der Waals surface area contributed by atoms with Gasteiger partial charge in [0, 0.05) is 6.42 Å². The van der Waals surface area contributed by atoms with Crippen molar-refractivity contribution in [2.45, 2.75) is 38.7 Å². The normalized spacial score (nSPS) is 18.8. The standard InChI is InChI=1S/C10H16O2/c1-7(2)3-6-9(11)10(12)8-4-5-8/h8,10,12H,1,3-6H2,2H3. The Bertz CT molecular complexity index is 192. The average molecular weight is 168 g/mol. The fraction of sp³-hybridized carbons (Fsp3) is 0.700. The summed E-state index contributed by atoms with van der Waals surface area (Å²) < 4.78 is 0. The molecule has 0 heterocycles. The van der Waals surface area contributed by atoms with Crippen LogP contribution >= 0.6 is 0 Å². The smallest absolute Gasteiger partial charge is 0.161 e. The van der Waals surface area contributed by atoms with E-state index in [2.05, 4.69) is 6.58 Å². The summed E-state index contributed by atoms with van der Waals surface area (Å²) in [6, 6.07) is 0. The Hall–Kier alpha value is -0.630. The van der Waals surface area contributed by atoms with E-state index in [9.17, 15) is 9.90 Å². The van der Waals surface area contributed by atoms with Gasteiger partial charge in [-0.25, -0.2) is 0 Å². The molecule has 0 bridgehead atoms. The summed E-state index contributed by atoms with van der Waals surface area (Å²) in [5.41, 5.74) is 1.01. The lowest BCUT2D eigenvalue weighted by atomic mass is 10.0. The van der Waals surface area contributed by atoms with Gasteiger partial charge < -0.3 is 5.11 Å². The van der Waals surface area contributed by atoms with Gasteiger partial charge in [0.15, 0.2) is 5.78 Å². The lowest BCUT2D eigenvalue weighted by molar-refractivity contribution is -0.128. The van der Waals surface area contributed by atoms with Gasteiger partial charge in [-0.3, -0.25) is 4.79 Å². The van der Waals surface area contributed by atoms with Crippen molar-refractivity contribution >= 4 is 5.78 Å². The molecule has 1 aliphatic rings. The Labute approximate surface area is 73.3 Å². The molecule has 0 saturated heterocycles. The minimum atomic E-state index is -0.690. The Morgan fingerprint density at radius 3 is 2.58 bits per heavy atom. The molecule has 1 fully saturated rings. The second-order valence-corrected chi connectivity index (χ2v) is 3.71. The molecule has 0 spiro atoms. The highest BCUT2D eigenvalue weighted by Crippen LogP contribution is 2.33. The Morgan fingerprint density at radius 1 is 1.58 bits per heavy atom. The van der Waals surface area contributed by atoms with E-state index in [4.69, 9.17) is 0 Å². The number of hydrogen-bond donors (Lipinski definition) is 1. The summed E-state index contributed by atoms with van der Waals surface area (Å²) in [4.78, 5) is 11.2. The molecule has 1 saturated carbocycles. The predicted molar refractivity (Wildman–Crippen MR) is 47.8 cm³/mol. The van der Waals surface area contributed by atoms with Gasteiger partial charge in [-0.1, -0.05) is 5.57 Å². The zero-order valence-electron chi connectivity index (χ0n) is 7.55. The third kappa shape index (κ3) is 2.78. The first kappa shape index (κ1) is 9.46. The van der Waals surface area contributed by atoms with E-state index in [0.717, 1.165) is 18.4 Å². The van der Waals surface area contributed by atoms with Crippen LogP contribution in [-0.4, -0.2) is 17.0 Å². The molecule has 1 rings (SSSR count). The molecule has 0 amide bonds. The lowest BCUT2D eigenvalue weighted by Gasteiger charge is -2.06. The van der Waals surface area contributed by atoms with Crippen LogP contribution in [0.2, 0.25) is 0 Å². The Kier molecular flexibility index (Phi) is 3.04. The maximum absolute atomic E-state index is 11.2. The largest absolute Gasteiger partial charge is 0.385 e. The van der Waals surface area contributed by atoms with Crippen LogP contribution in [0.1, 0.15) is 32.6 Å². The van der Waals surface area contributed by atoms with Crippen molar-refractivity contribution in [3.8, 4) is 0 Å². The molecule has 0 aromatic carbocycles. The molecule has 2 heteroatoms. The molecule has 0 radical (unpaired) electrons. The van der Waals surface area contributed by atoms with Gasteiger partial charge in [-0.05, 0) is 32.1 Å². The monoisotopic (exact) mass is 168 g/mol. The van der Waals surface area contributed by atoms with Crippen molar-refractivity contribution in [3.05, 3.63) is 12.2 Å². The van der Waals surface area contributed by atoms with Crippen LogP contribution in [0.3, 0.4) is 0 Å². The lowest BCUT2D eigenvalue weighted by Crippen LogP contribution is -2.22. The number of ketones is 1. The molecule has 1 unspecified atom stereocenters. The van der Waals surface area contributed by atoms with Crippen LogP contribution in [0.15, 0.2) is 12.2 Å². The highest BCUT2D eigenvalue weighted by Gasteiger charge is 2.33. The van der Waals surface area contributed by atoms with Gasteiger partial charge in [0.2, 0.25) is 0 Å². The van der Waals surface area contributed by atoms with Crippen molar-refractivity contribution in [3.63, 3.8) is 0 Å². The second-order valence-electron chi connectivity index (χ2n) is 3.71. The molecular formula is C10H16O2. The van der Waals surface area contributed by atoms with Crippen LogP contribution < -0.4 is 0 Å². The number of carbonyl (C=O) groups is 1. The maximum atomic E-state index is 11.2. The summed E-state index contributed by atoms with van der Waals surface area (Å²) in [7, 11) is 0. The fourth-order valence-corrected chi connectivity index (χ4v) is 1.16. The predicted octanol–water partition coefficient (Wildman–Crippen LogP) is 1.68. The van der Waals surface area contributed by atoms with Crippen molar-refractivity contribution in [2.75, 3.05) is 0 Å². The van der Waals surface area contributed by atoms with Crippen molar-refractivity contribution < 1.29 is 9.90 Å². The molecule has 0 aliphatic heterocycles. The van der Waals surface area contributed by atoms with Crippen LogP contribution in [0.25, 0.3) is 0 Å². The maximum Gasteiger partial charge on any atom is 0.161 e. The van der Waals surface area contributed by atoms with Gasteiger partial charge in [0.05, 0.1) is 0 Å². The molecule has 68 valence electrons. The third-order valence-electron chi connectivity index (χ3n) is 2.20. The molecule has 2 nitrogen and oxygen atoms in total. The highest BCUT2D eigenvalue weighted by atomic mass is 16.3. The highest BCUT2D eigenvalue weighted by molar-refractivity contribution is 5.83. The van der Waals surface area contributed by atoms with Gasteiger partial charge >= 0.3 is 0 Å². The zero-order valence-corrected chi connectivity index (χ0v) is 7.55. The summed E-state index contributed by atoms with van der Waals surface area (Å²) >= 11 is 0. The van der Waals surface area contributed by atoms with E-state index >= 15 is 0 Å². The first-order chi connectivity index (χ1) is 5.61. The number of rotatable bonds is 5. The number of aliphatic hydroxyl groups is 1. The van der Waals surface area contributed by atoms with Crippen LogP contribution in [0.4, 0.5) is 0 Å². The molecule has 1 atom stereocenters. The first-order valence-electron chi connectivity index (χ1n) is 4.46. The first-order valence-corrected chi connectivity index (χ1v) is 4.46. The SMILES string of the molecule is C=C(C)CCC(=O)C(O)C1CC1.